The van der Waals surface area contributed by atoms with Crippen molar-refractivity contribution in [2.24, 2.45) is 0 Å². The summed E-state index contributed by atoms with van der Waals surface area (Å²) in [6.07, 6.45) is 2.95. The van der Waals surface area contributed by atoms with Crippen molar-refractivity contribution in [3.05, 3.63) is 60.2 Å². The third-order valence-electron chi connectivity index (χ3n) is 3.25. The quantitative estimate of drug-likeness (QED) is 0.653. The predicted molar refractivity (Wildman–Crippen MR) is 66.5 cm³/mol. The van der Waals surface area contributed by atoms with Gasteiger partial charge in [-0.25, -0.2) is 0 Å². The van der Waals surface area contributed by atoms with Crippen LogP contribution in [-0.4, -0.2) is 6.61 Å². The largest absolute Gasteiger partial charge is 0.369 e. The van der Waals surface area contributed by atoms with Crippen LogP contribution in [-0.2, 0) is 11.2 Å². The monoisotopic (exact) mass is 210 g/mol. The molecular formula is C15H14O. The average Bonchev–Trinajstić information content (AvgIpc) is 2.37. The van der Waals surface area contributed by atoms with Gasteiger partial charge in [-0.1, -0.05) is 42.5 Å². The summed E-state index contributed by atoms with van der Waals surface area (Å²) in [6.45, 7) is 4.63. The highest BCUT2D eigenvalue weighted by atomic mass is 16.5. The highest BCUT2D eigenvalue weighted by Gasteiger charge is 2.19. The molecule has 1 atom stereocenters. The first-order valence-corrected chi connectivity index (χ1v) is 5.65. The van der Waals surface area contributed by atoms with Crippen LogP contribution in [0.2, 0.25) is 0 Å². The summed E-state index contributed by atoms with van der Waals surface area (Å²) in [5.41, 5.74) is 2.70. The van der Waals surface area contributed by atoms with Gasteiger partial charge in [0.1, 0.15) is 6.10 Å². The van der Waals surface area contributed by atoms with Crippen molar-refractivity contribution >= 4 is 10.8 Å². The molecule has 0 saturated heterocycles. The van der Waals surface area contributed by atoms with Crippen molar-refractivity contribution < 1.29 is 4.74 Å². The third kappa shape index (κ3) is 1.36. The summed E-state index contributed by atoms with van der Waals surface area (Å²) in [4.78, 5) is 0. The lowest BCUT2D eigenvalue weighted by Crippen LogP contribution is -2.14. The van der Waals surface area contributed by atoms with Gasteiger partial charge in [0.2, 0.25) is 0 Å². The SMILES string of the molecule is C=CC1OCCc2c1ccc1ccccc21. The molecule has 80 valence electrons. The molecule has 0 N–H and O–H groups in total. The molecule has 0 amide bonds. The van der Waals surface area contributed by atoms with Gasteiger partial charge in [-0.3, -0.25) is 0 Å². The van der Waals surface area contributed by atoms with Crippen LogP contribution in [0, 0.1) is 0 Å². The zero-order chi connectivity index (χ0) is 11.0. The fourth-order valence-electron chi connectivity index (χ4n) is 2.47. The van der Waals surface area contributed by atoms with Crippen molar-refractivity contribution in [3.63, 3.8) is 0 Å². The number of rotatable bonds is 1. The van der Waals surface area contributed by atoms with Gasteiger partial charge >= 0.3 is 0 Å². The van der Waals surface area contributed by atoms with Gasteiger partial charge in [-0.05, 0) is 28.3 Å². The third-order valence-corrected chi connectivity index (χ3v) is 3.25. The second-order valence-electron chi connectivity index (χ2n) is 4.13. The summed E-state index contributed by atoms with van der Waals surface area (Å²) in [5.74, 6) is 0. The first-order valence-electron chi connectivity index (χ1n) is 5.65. The number of hydrogen-bond acceptors (Lipinski definition) is 1. The van der Waals surface area contributed by atoms with E-state index < -0.39 is 0 Å². The molecule has 2 aromatic carbocycles. The van der Waals surface area contributed by atoms with E-state index in [9.17, 15) is 0 Å². The fraction of sp³-hybridized carbons (Fsp3) is 0.200. The Hall–Kier alpha value is -1.60. The Balaban J connectivity index is 2.29. The molecule has 0 aromatic heterocycles. The standard InChI is InChI=1S/C15H14O/c1-2-15-14-8-7-11-5-3-4-6-12(11)13(14)9-10-16-15/h2-8,15H,1,9-10H2. The van der Waals surface area contributed by atoms with Crippen LogP contribution in [0.5, 0.6) is 0 Å². The molecule has 1 unspecified atom stereocenters. The molecule has 0 bridgehead atoms. The van der Waals surface area contributed by atoms with Gasteiger partial charge in [0.05, 0.1) is 6.61 Å². The maximum Gasteiger partial charge on any atom is 0.101 e. The Labute approximate surface area is 95.4 Å². The molecule has 1 aliphatic rings. The van der Waals surface area contributed by atoms with Crippen molar-refractivity contribution in [2.45, 2.75) is 12.5 Å². The maximum absolute atomic E-state index is 5.68. The summed E-state index contributed by atoms with van der Waals surface area (Å²) < 4.78 is 5.68. The van der Waals surface area contributed by atoms with Crippen LogP contribution in [0.4, 0.5) is 0 Å². The number of hydrogen-bond donors (Lipinski definition) is 0. The highest BCUT2D eigenvalue weighted by Crippen LogP contribution is 2.32. The van der Waals surface area contributed by atoms with Gasteiger partial charge in [0.15, 0.2) is 0 Å². The van der Waals surface area contributed by atoms with E-state index in [1.54, 1.807) is 0 Å². The Kier molecular flexibility index (Phi) is 2.26. The van der Waals surface area contributed by atoms with Crippen LogP contribution in [0.25, 0.3) is 10.8 Å². The van der Waals surface area contributed by atoms with Crippen LogP contribution >= 0.6 is 0 Å². The minimum Gasteiger partial charge on any atom is -0.369 e. The van der Waals surface area contributed by atoms with E-state index in [1.165, 1.54) is 21.9 Å². The Morgan fingerprint density at radius 2 is 2.06 bits per heavy atom. The molecule has 2 aromatic rings. The van der Waals surface area contributed by atoms with Crippen LogP contribution in [0.15, 0.2) is 49.1 Å². The van der Waals surface area contributed by atoms with Crippen LogP contribution in [0.3, 0.4) is 0 Å². The van der Waals surface area contributed by atoms with Crippen molar-refractivity contribution in [2.75, 3.05) is 6.61 Å². The van der Waals surface area contributed by atoms with E-state index in [-0.39, 0.29) is 6.10 Å². The first-order chi connectivity index (χ1) is 7.90. The topological polar surface area (TPSA) is 9.23 Å². The van der Waals surface area contributed by atoms with Crippen LogP contribution in [0.1, 0.15) is 17.2 Å². The van der Waals surface area contributed by atoms with Crippen LogP contribution < -0.4 is 0 Å². The van der Waals surface area contributed by atoms with E-state index in [4.69, 9.17) is 4.74 Å². The van der Waals surface area contributed by atoms with Gasteiger partial charge in [0.25, 0.3) is 0 Å². The molecule has 1 nitrogen and oxygen atoms in total. The smallest absolute Gasteiger partial charge is 0.101 e. The molecule has 1 aliphatic heterocycles. The Morgan fingerprint density at radius 1 is 1.19 bits per heavy atom. The summed E-state index contributed by atoms with van der Waals surface area (Å²) in [6, 6.07) is 12.9. The number of ether oxygens (including phenoxy) is 1. The van der Waals surface area contributed by atoms with Crippen molar-refractivity contribution in [3.8, 4) is 0 Å². The lowest BCUT2D eigenvalue weighted by molar-refractivity contribution is 0.0757. The molecule has 0 saturated carbocycles. The molecule has 1 heteroatoms. The lowest BCUT2D eigenvalue weighted by atomic mass is 9.92. The highest BCUT2D eigenvalue weighted by molar-refractivity contribution is 5.87. The number of fused-ring (bicyclic) bond motifs is 3. The zero-order valence-corrected chi connectivity index (χ0v) is 9.15. The van der Waals surface area contributed by atoms with Crippen molar-refractivity contribution in [1.82, 2.24) is 0 Å². The number of benzene rings is 2. The van der Waals surface area contributed by atoms with Gasteiger partial charge in [-0.2, -0.15) is 0 Å². The molecule has 0 aliphatic carbocycles. The fourth-order valence-corrected chi connectivity index (χ4v) is 2.47. The minimum absolute atomic E-state index is 0.0633. The van der Waals surface area contributed by atoms with Gasteiger partial charge in [0, 0.05) is 0 Å². The maximum atomic E-state index is 5.68. The van der Waals surface area contributed by atoms with Crippen molar-refractivity contribution in [1.29, 1.82) is 0 Å². The Bertz CT molecular complexity index is 542. The molecule has 16 heavy (non-hydrogen) atoms. The molecular weight excluding hydrogens is 196 g/mol. The normalized spacial score (nSPS) is 19.4. The predicted octanol–water partition coefficient (Wildman–Crippen LogP) is 3.64. The molecule has 1 heterocycles. The Morgan fingerprint density at radius 3 is 2.94 bits per heavy atom. The van der Waals surface area contributed by atoms with E-state index in [2.05, 4.69) is 43.0 Å². The van der Waals surface area contributed by atoms with E-state index in [0.717, 1.165) is 13.0 Å². The van der Waals surface area contributed by atoms with Gasteiger partial charge < -0.3 is 4.74 Å². The first kappa shape index (κ1) is 9.61. The molecule has 0 fully saturated rings. The summed E-state index contributed by atoms with van der Waals surface area (Å²) in [5, 5.41) is 2.67. The minimum atomic E-state index is 0.0633. The van der Waals surface area contributed by atoms with E-state index >= 15 is 0 Å². The molecule has 0 spiro atoms. The average molecular weight is 210 g/mol. The zero-order valence-electron chi connectivity index (χ0n) is 9.15. The van der Waals surface area contributed by atoms with E-state index in [1.807, 2.05) is 6.08 Å². The molecule has 3 rings (SSSR count). The van der Waals surface area contributed by atoms with Gasteiger partial charge in [-0.15, -0.1) is 6.58 Å². The van der Waals surface area contributed by atoms with E-state index in [0.29, 0.717) is 0 Å². The summed E-state index contributed by atoms with van der Waals surface area (Å²) in [7, 11) is 0. The second kappa shape index (κ2) is 3.76. The second-order valence-corrected chi connectivity index (χ2v) is 4.13. The molecule has 0 radical (unpaired) electrons. The summed E-state index contributed by atoms with van der Waals surface area (Å²) >= 11 is 0. The lowest BCUT2D eigenvalue weighted by Gasteiger charge is -2.24.